The first kappa shape index (κ1) is 30.2. The van der Waals surface area contributed by atoms with Crippen molar-refractivity contribution in [2.45, 2.75) is 0 Å². The van der Waals surface area contributed by atoms with Gasteiger partial charge in [-0.1, -0.05) is 71.1 Å². The molecule has 0 spiro atoms. The van der Waals surface area contributed by atoms with Crippen molar-refractivity contribution in [1.82, 2.24) is 30.0 Å². The van der Waals surface area contributed by atoms with E-state index in [2.05, 4.69) is 20.6 Å². The normalized spacial score (nSPS) is 10.4. The van der Waals surface area contributed by atoms with Crippen LogP contribution >= 0.6 is 0 Å². The van der Waals surface area contributed by atoms with Crippen LogP contribution in [0.5, 0.6) is 0 Å². The van der Waals surface area contributed by atoms with Crippen LogP contribution in [0.4, 0.5) is 22.7 Å². The fourth-order valence-electron chi connectivity index (χ4n) is 4.18. The van der Waals surface area contributed by atoms with E-state index in [-0.39, 0.29) is 22.7 Å². The fraction of sp³-hybridized carbons (Fsp3) is 0. The Morgan fingerprint density at radius 3 is 1.17 bits per heavy atom. The van der Waals surface area contributed by atoms with E-state index in [1.807, 2.05) is 60.7 Å². The topological polar surface area (TPSA) is 234 Å². The van der Waals surface area contributed by atoms with Crippen LogP contribution in [0.1, 0.15) is 0 Å². The Kier molecular flexibility index (Phi) is 8.51. The van der Waals surface area contributed by atoms with Crippen LogP contribution in [-0.2, 0) is 0 Å². The van der Waals surface area contributed by atoms with Gasteiger partial charge in [-0.25, -0.2) is 9.36 Å². The van der Waals surface area contributed by atoms with E-state index in [1.165, 1.54) is 46.0 Å². The molecule has 18 nitrogen and oxygen atoms in total. The van der Waals surface area contributed by atoms with Crippen molar-refractivity contribution in [2.75, 3.05) is 0 Å². The first-order valence-electron chi connectivity index (χ1n) is 12.9. The standard InChI is InChI=1S/2C14H9N5O4/c2*20-18(21)11-6-7-13(14(8-11)19(22)23)17-9-12(15-16-17)10-4-2-1-3-5-10/h2*1-9H. The van der Waals surface area contributed by atoms with Crippen LogP contribution in [0.25, 0.3) is 33.9 Å². The monoisotopic (exact) mass is 622 g/mol. The molecule has 0 N–H and O–H groups in total. The van der Waals surface area contributed by atoms with E-state index in [1.54, 1.807) is 0 Å². The largest absolute Gasteiger partial charge is 0.301 e. The molecule has 6 aromatic rings. The van der Waals surface area contributed by atoms with E-state index in [0.717, 1.165) is 23.3 Å². The summed E-state index contributed by atoms with van der Waals surface area (Å²) in [5.74, 6) is 0. The molecule has 6 rings (SSSR count). The van der Waals surface area contributed by atoms with E-state index in [9.17, 15) is 40.5 Å². The predicted octanol–water partition coefficient (Wildman–Crippen LogP) is 5.50. The van der Waals surface area contributed by atoms with Gasteiger partial charge in [-0.2, -0.15) is 0 Å². The smallest absolute Gasteiger partial charge is 0.258 e. The number of aromatic nitrogens is 6. The van der Waals surface area contributed by atoms with E-state index in [0.29, 0.717) is 11.4 Å². The van der Waals surface area contributed by atoms with Crippen molar-refractivity contribution in [1.29, 1.82) is 0 Å². The van der Waals surface area contributed by atoms with Gasteiger partial charge >= 0.3 is 11.4 Å². The van der Waals surface area contributed by atoms with Gasteiger partial charge in [0.1, 0.15) is 22.8 Å². The van der Waals surface area contributed by atoms with Crippen molar-refractivity contribution in [3.63, 3.8) is 0 Å². The maximum Gasteiger partial charge on any atom is 0.301 e. The molecule has 0 aliphatic heterocycles. The molecule has 0 saturated carbocycles. The summed E-state index contributed by atoms with van der Waals surface area (Å²) in [6.45, 7) is 0. The fourth-order valence-corrected chi connectivity index (χ4v) is 4.18. The molecule has 0 fully saturated rings. The SMILES string of the molecule is O=[N+]([O-])c1ccc(-n2cc(-c3ccccc3)nn2)c([N+](=O)[O-])c1.O=[N+]([O-])c1ccc(-n2cc(-c3ccccc3)nn2)c([N+](=O)[O-])c1. The highest BCUT2D eigenvalue weighted by molar-refractivity contribution is 5.62. The Labute approximate surface area is 256 Å². The number of non-ortho nitro benzene ring substituents is 2. The lowest BCUT2D eigenvalue weighted by Gasteiger charge is -2.01. The molecule has 0 atom stereocenters. The average molecular weight is 623 g/mol. The van der Waals surface area contributed by atoms with Gasteiger partial charge in [-0.05, 0) is 12.1 Å². The van der Waals surface area contributed by atoms with Gasteiger partial charge in [0.15, 0.2) is 0 Å². The van der Waals surface area contributed by atoms with Crippen LogP contribution in [0.3, 0.4) is 0 Å². The van der Waals surface area contributed by atoms with Crippen LogP contribution in [-0.4, -0.2) is 49.7 Å². The van der Waals surface area contributed by atoms with E-state index in [4.69, 9.17) is 0 Å². The maximum atomic E-state index is 11.2. The summed E-state index contributed by atoms with van der Waals surface area (Å²) >= 11 is 0. The van der Waals surface area contributed by atoms with Crippen LogP contribution in [0.15, 0.2) is 109 Å². The molecule has 4 aromatic carbocycles. The molecule has 46 heavy (non-hydrogen) atoms. The second-order valence-corrected chi connectivity index (χ2v) is 9.20. The zero-order chi connectivity index (χ0) is 32.8. The van der Waals surface area contributed by atoms with Gasteiger partial charge in [0, 0.05) is 23.3 Å². The molecule has 2 aromatic heterocycles. The first-order chi connectivity index (χ1) is 22.1. The number of nitro benzene ring substituents is 4. The number of hydrogen-bond donors (Lipinski definition) is 0. The molecule has 0 aliphatic carbocycles. The Hall–Kier alpha value is -7.24. The summed E-state index contributed by atoms with van der Waals surface area (Å²) in [7, 11) is 0. The second kappa shape index (κ2) is 13.0. The molecule has 0 bridgehead atoms. The zero-order valence-corrected chi connectivity index (χ0v) is 23.1. The van der Waals surface area contributed by atoms with Gasteiger partial charge in [0.05, 0.1) is 44.2 Å². The highest BCUT2D eigenvalue weighted by atomic mass is 16.6. The zero-order valence-electron chi connectivity index (χ0n) is 23.1. The van der Waals surface area contributed by atoms with Crippen LogP contribution in [0, 0.1) is 40.5 Å². The lowest BCUT2D eigenvalue weighted by molar-refractivity contribution is -0.394. The second-order valence-electron chi connectivity index (χ2n) is 9.20. The predicted molar refractivity (Wildman–Crippen MR) is 160 cm³/mol. The number of nitro groups is 4. The Morgan fingerprint density at radius 2 is 0.848 bits per heavy atom. The summed E-state index contributed by atoms with van der Waals surface area (Å²) in [5.41, 5.74) is 1.37. The number of rotatable bonds is 8. The minimum Gasteiger partial charge on any atom is -0.258 e. The Bertz CT molecular complexity index is 1930. The molecular weight excluding hydrogens is 604 g/mol. The molecule has 0 amide bonds. The summed E-state index contributed by atoms with van der Waals surface area (Å²) in [6.07, 6.45) is 3.06. The molecule has 0 saturated heterocycles. The maximum absolute atomic E-state index is 11.2. The number of nitrogens with zero attached hydrogens (tertiary/aromatic N) is 10. The van der Waals surface area contributed by atoms with Crippen LogP contribution < -0.4 is 0 Å². The molecule has 2 heterocycles. The van der Waals surface area contributed by atoms with Crippen LogP contribution in [0.2, 0.25) is 0 Å². The quantitative estimate of drug-likeness (QED) is 0.151. The third-order valence-corrected chi connectivity index (χ3v) is 6.35. The van der Waals surface area contributed by atoms with Gasteiger partial charge in [-0.15, -0.1) is 10.2 Å². The van der Waals surface area contributed by atoms with Crippen molar-refractivity contribution >= 4 is 22.7 Å². The highest BCUT2D eigenvalue weighted by Gasteiger charge is 2.23. The van der Waals surface area contributed by atoms with Gasteiger partial charge in [0.25, 0.3) is 11.4 Å². The molecule has 0 radical (unpaired) electrons. The van der Waals surface area contributed by atoms with Crippen molar-refractivity contribution in [2.24, 2.45) is 0 Å². The van der Waals surface area contributed by atoms with E-state index < -0.39 is 31.1 Å². The molecule has 0 unspecified atom stereocenters. The number of benzene rings is 4. The minimum atomic E-state index is -0.688. The summed E-state index contributed by atoms with van der Waals surface area (Å²) in [4.78, 5) is 41.1. The van der Waals surface area contributed by atoms with Crippen molar-refractivity contribution < 1.29 is 19.7 Å². The minimum absolute atomic E-state index is 0.107. The van der Waals surface area contributed by atoms with Gasteiger partial charge in [0.2, 0.25) is 0 Å². The lowest BCUT2D eigenvalue weighted by atomic mass is 10.2. The van der Waals surface area contributed by atoms with Gasteiger partial charge < -0.3 is 0 Å². The Morgan fingerprint density at radius 1 is 0.478 bits per heavy atom. The van der Waals surface area contributed by atoms with Crippen molar-refractivity contribution in [3.8, 4) is 33.9 Å². The molecule has 18 heteroatoms. The molecule has 0 aliphatic rings. The first-order valence-corrected chi connectivity index (χ1v) is 12.9. The average Bonchev–Trinajstić information content (AvgIpc) is 3.76. The third-order valence-electron chi connectivity index (χ3n) is 6.35. The molecule has 228 valence electrons. The third kappa shape index (κ3) is 6.54. The summed E-state index contributed by atoms with van der Waals surface area (Å²) < 4.78 is 2.45. The highest BCUT2D eigenvalue weighted by Crippen LogP contribution is 2.29. The molecular formula is C28H18N10O8. The van der Waals surface area contributed by atoms with Crippen molar-refractivity contribution in [3.05, 3.63) is 150 Å². The lowest BCUT2D eigenvalue weighted by Crippen LogP contribution is -2.02. The number of hydrogen-bond acceptors (Lipinski definition) is 12. The summed E-state index contributed by atoms with van der Waals surface area (Å²) in [6, 6.07) is 25.1. The Balaban J connectivity index is 0.000000181. The summed E-state index contributed by atoms with van der Waals surface area (Å²) in [5, 5.41) is 59.6. The van der Waals surface area contributed by atoms with E-state index >= 15 is 0 Å². The van der Waals surface area contributed by atoms with Gasteiger partial charge in [-0.3, -0.25) is 40.5 Å².